The topological polar surface area (TPSA) is 85.0 Å². The summed E-state index contributed by atoms with van der Waals surface area (Å²) in [5, 5.41) is 11.1. The highest BCUT2D eigenvalue weighted by Crippen LogP contribution is 2.26. The SMILES string of the molecule is O=[N+]([O-])c1ccccc1S(=O)(=O)N1CC[NH+](Cc2cccc(F)c2F)CC1. The first-order valence-electron chi connectivity index (χ1n) is 8.30. The van der Waals surface area contributed by atoms with E-state index in [1.807, 2.05) is 0 Å². The van der Waals surface area contributed by atoms with Crippen LogP contribution in [0.25, 0.3) is 0 Å². The summed E-state index contributed by atoms with van der Waals surface area (Å²) < 4.78 is 53.9. The second-order valence-electron chi connectivity index (χ2n) is 6.27. The van der Waals surface area contributed by atoms with Gasteiger partial charge in [0.05, 0.1) is 31.1 Å². The van der Waals surface area contributed by atoms with Crippen LogP contribution in [0.2, 0.25) is 0 Å². The molecule has 2 aromatic carbocycles. The summed E-state index contributed by atoms with van der Waals surface area (Å²) in [6.07, 6.45) is 0. The van der Waals surface area contributed by atoms with Crippen LogP contribution in [0.15, 0.2) is 47.4 Å². The van der Waals surface area contributed by atoms with Crippen LogP contribution < -0.4 is 4.90 Å². The third-order valence-electron chi connectivity index (χ3n) is 4.58. The molecule has 1 aliphatic rings. The molecule has 0 amide bonds. The van der Waals surface area contributed by atoms with Crippen molar-refractivity contribution in [3.8, 4) is 0 Å². The Bertz CT molecular complexity index is 960. The molecule has 0 atom stereocenters. The fourth-order valence-corrected chi connectivity index (χ4v) is 4.74. The number of sulfonamides is 1. The van der Waals surface area contributed by atoms with Crippen LogP contribution in [0, 0.1) is 21.7 Å². The Labute approximate surface area is 155 Å². The fraction of sp³-hybridized carbons (Fsp3) is 0.294. The van der Waals surface area contributed by atoms with E-state index in [9.17, 15) is 27.3 Å². The van der Waals surface area contributed by atoms with Crippen molar-refractivity contribution in [3.05, 3.63) is 69.8 Å². The van der Waals surface area contributed by atoms with Gasteiger partial charge in [0.25, 0.3) is 5.69 Å². The van der Waals surface area contributed by atoms with E-state index in [2.05, 4.69) is 0 Å². The van der Waals surface area contributed by atoms with Crippen molar-refractivity contribution in [3.63, 3.8) is 0 Å². The van der Waals surface area contributed by atoms with Crippen LogP contribution in [0.5, 0.6) is 0 Å². The van der Waals surface area contributed by atoms with E-state index < -0.39 is 32.3 Å². The fourth-order valence-electron chi connectivity index (χ4n) is 3.14. The summed E-state index contributed by atoms with van der Waals surface area (Å²) in [5.41, 5.74) is -0.228. The first-order chi connectivity index (χ1) is 12.8. The molecule has 1 saturated heterocycles. The van der Waals surface area contributed by atoms with E-state index in [4.69, 9.17) is 0 Å². The number of quaternary nitrogens is 1. The maximum Gasteiger partial charge on any atom is 0.289 e. The highest BCUT2D eigenvalue weighted by Gasteiger charge is 2.34. The van der Waals surface area contributed by atoms with Gasteiger partial charge in [-0.1, -0.05) is 24.3 Å². The number of nitro benzene ring substituents is 1. The molecule has 0 bridgehead atoms. The summed E-state index contributed by atoms with van der Waals surface area (Å²) in [4.78, 5) is 11.0. The van der Waals surface area contributed by atoms with Crippen molar-refractivity contribution in [2.75, 3.05) is 26.2 Å². The highest BCUT2D eigenvalue weighted by atomic mass is 32.2. The van der Waals surface area contributed by atoms with Crippen LogP contribution >= 0.6 is 0 Å². The van der Waals surface area contributed by atoms with E-state index in [0.29, 0.717) is 13.1 Å². The minimum Gasteiger partial charge on any atom is -0.329 e. The van der Waals surface area contributed by atoms with Crippen LogP contribution in [-0.2, 0) is 16.6 Å². The maximum absolute atomic E-state index is 13.8. The zero-order valence-electron chi connectivity index (χ0n) is 14.3. The number of halogens is 2. The summed E-state index contributed by atoms with van der Waals surface area (Å²) in [6.45, 7) is 1.29. The summed E-state index contributed by atoms with van der Waals surface area (Å²) in [7, 11) is -4.00. The largest absolute Gasteiger partial charge is 0.329 e. The lowest BCUT2D eigenvalue weighted by atomic mass is 10.2. The number of hydrogen-bond acceptors (Lipinski definition) is 4. The molecule has 10 heteroatoms. The van der Waals surface area contributed by atoms with E-state index in [1.54, 1.807) is 0 Å². The van der Waals surface area contributed by atoms with E-state index in [-0.39, 0.29) is 30.1 Å². The van der Waals surface area contributed by atoms with Crippen molar-refractivity contribution >= 4 is 15.7 Å². The standard InChI is InChI=1S/C17H17F2N3O4S/c18-14-5-3-4-13(17(14)19)12-20-8-10-21(11-9-20)27(25,26)16-7-2-1-6-15(16)22(23)24/h1-7H,8-12H2/p+1. The minimum absolute atomic E-state index is 0.140. The Morgan fingerprint density at radius 3 is 2.41 bits per heavy atom. The molecule has 0 aliphatic carbocycles. The van der Waals surface area contributed by atoms with Crippen molar-refractivity contribution in [2.45, 2.75) is 11.4 Å². The third-order valence-corrected chi connectivity index (χ3v) is 6.53. The average Bonchev–Trinajstić information content (AvgIpc) is 2.66. The zero-order chi connectivity index (χ0) is 19.6. The summed E-state index contributed by atoms with van der Waals surface area (Å²) in [6, 6.07) is 9.20. The lowest BCUT2D eigenvalue weighted by Gasteiger charge is -2.31. The highest BCUT2D eigenvalue weighted by molar-refractivity contribution is 7.89. The van der Waals surface area contributed by atoms with Crippen molar-refractivity contribution in [1.29, 1.82) is 0 Å². The molecular weight excluding hydrogens is 380 g/mol. The Kier molecular flexibility index (Phi) is 5.49. The number of piperazine rings is 1. The maximum atomic E-state index is 13.8. The van der Waals surface area contributed by atoms with Crippen LogP contribution in [0.1, 0.15) is 5.56 Å². The molecule has 0 saturated carbocycles. The molecular formula is C17H18F2N3O4S+. The van der Waals surface area contributed by atoms with Gasteiger partial charge in [0.2, 0.25) is 10.0 Å². The van der Waals surface area contributed by atoms with Gasteiger partial charge in [-0.2, -0.15) is 4.31 Å². The van der Waals surface area contributed by atoms with Crippen molar-refractivity contribution in [2.24, 2.45) is 0 Å². The molecule has 0 radical (unpaired) electrons. The van der Waals surface area contributed by atoms with Gasteiger partial charge in [0.1, 0.15) is 6.54 Å². The van der Waals surface area contributed by atoms with Gasteiger partial charge in [-0.15, -0.1) is 0 Å². The second-order valence-corrected chi connectivity index (χ2v) is 8.17. The number of nitro groups is 1. The van der Waals surface area contributed by atoms with Gasteiger partial charge >= 0.3 is 0 Å². The minimum atomic E-state index is -4.00. The third kappa shape index (κ3) is 3.97. The molecule has 0 aromatic heterocycles. The number of hydrogen-bond donors (Lipinski definition) is 1. The molecule has 0 unspecified atom stereocenters. The first-order valence-corrected chi connectivity index (χ1v) is 9.74. The monoisotopic (exact) mass is 398 g/mol. The lowest BCUT2D eigenvalue weighted by Crippen LogP contribution is -3.13. The van der Waals surface area contributed by atoms with Gasteiger partial charge in [0, 0.05) is 11.6 Å². The quantitative estimate of drug-likeness (QED) is 0.601. The van der Waals surface area contributed by atoms with Gasteiger partial charge in [-0.25, -0.2) is 17.2 Å². The molecule has 1 aliphatic heterocycles. The zero-order valence-corrected chi connectivity index (χ0v) is 15.1. The molecule has 2 aromatic rings. The predicted molar refractivity (Wildman–Crippen MR) is 92.6 cm³/mol. The number of para-hydroxylation sites is 1. The van der Waals surface area contributed by atoms with E-state index in [1.165, 1.54) is 34.6 Å². The normalized spacial score (nSPS) is 16.4. The Balaban J connectivity index is 1.72. The number of benzene rings is 2. The van der Waals surface area contributed by atoms with Crippen LogP contribution in [0.3, 0.4) is 0 Å². The second kappa shape index (κ2) is 7.67. The van der Waals surface area contributed by atoms with Gasteiger partial charge in [0.15, 0.2) is 16.5 Å². The smallest absolute Gasteiger partial charge is 0.289 e. The predicted octanol–water partition coefficient (Wildman–Crippen LogP) is 0.962. The molecule has 144 valence electrons. The van der Waals surface area contributed by atoms with Crippen LogP contribution in [-0.4, -0.2) is 43.8 Å². The Morgan fingerprint density at radius 2 is 1.74 bits per heavy atom. The van der Waals surface area contributed by atoms with E-state index >= 15 is 0 Å². The molecule has 1 fully saturated rings. The lowest BCUT2D eigenvalue weighted by molar-refractivity contribution is -0.917. The number of nitrogens with one attached hydrogen (secondary N) is 1. The average molecular weight is 398 g/mol. The molecule has 1 heterocycles. The summed E-state index contributed by atoms with van der Waals surface area (Å²) in [5.74, 6) is -1.80. The van der Waals surface area contributed by atoms with E-state index in [0.717, 1.165) is 17.0 Å². The van der Waals surface area contributed by atoms with Crippen molar-refractivity contribution < 1.29 is 27.0 Å². The van der Waals surface area contributed by atoms with Gasteiger partial charge < -0.3 is 4.90 Å². The molecule has 3 rings (SSSR count). The van der Waals surface area contributed by atoms with Crippen molar-refractivity contribution in [1.82, 2.24) is 4.31 Å². The molecule has 7 nitrogen and oxygen atoms in total. The first kappa shape index (κ1) is 19.3. The molecule has 0 spiro atoms. The van der Waals surface area contributed by atoms with Crippen LogP contribution in [0.4, 0.5) is 14.5 Å². The Hall–Kier alpha value is -2.43. The molecule has 27 heavy (non-hydrogen) atoms. The Morgan fingerprint density at radius 1 is 1.07 bits per heavy atom. The number of nitrogens with zero attached hydrogens (tertiary/aromatic N) is 2. The molecule has 1 N–H and O–H groups in total. The number of rotatable bonds is 5. The van der Waals surface area contributed by atoms with Gasteiger partial charge in [-0.05, 0) is 12.1 Å². The van der Waals surface area contributed by atoms with Gasteiger partial charge in [-0.3, -0.25) is 10.1 Å². The summed E-state index contributed by atoms with van der Waals surface area (Å²) >= 11 is 0.